The van der Waals surface area contributed by atoms with Gasteiger partial charge in [0.05, 0.1) is 23.7 Å². The normalized spacial score (nSPS) is 15.8. The van der Waals surface area contributed by atoms with Crippen LogP contribution in [-0.4, -0.2) is 16.1 Å². The fraction of sp³-hybridized carbons (Fsp3) is 0.185. The van der Waals surface area contributed by atoms with E-state index in [1.807, 2.05) is 48.5 Å². The monoisotopic (exact) mass is 468 g/mol. The second kappa shape index (κ2) is 7.84. The molecule has 0 unspecified atom stereocenters. The number of anilines is 1. The van der Waals surface area contributed by atoms with Crippen molar-refractivity contribution < 1.29 is 18.0 Å². The maximum Gasteiger partial charge on any atom is 0.314 e. The second-order valence-electron chi connectivity index (χ2n) is 8.80. The molecule has 1 aliphatic heterocycles. The Kier molecular flexibility index (Phi) is 4.74. The van der Waals surface area contributed by atoms with Crippen LogP contribution < -0.4 is 4.90 Å². The minimum absolute atomic E-state index is 0.0550. The highest BCUT2D eigenvalue weighted by Gasteiger charge is 2.44. The van der Waals surface area contributed by atoms with Gasteiger partial charge in [-0.15, -0.1) is 10.2 Å². The van der Waals surface area contributed by atoms with Crippen LogP contribution >= 0.6 is 0 Å². The van der Waals surface area contributed by atoms with E-state index in [0.29, 0.717) is 17.7 Å². The van der Waals surface area contributed by atoms with Crippen molar-refractivity contribution in [2.24, 2.45) is 0 Å². The number of fused-ring (bicyclic) bond motifs is 1. The molecule has 0 radical (unpaired) electrons. The lowest BCUT2D eigenvalue weighted by atomic mass is 9.94. The number of aromatic nitrogens is 2. The Morgan fingerprint density at radius 1 is 0.971 bits per heavy atom. The van der Waals surface area contributed by atoms with E-state index in [2.05, 4.69) is 16.3 Å². The number of carbonyl (C=O) groups is 1. The number of alkyl halides is 2. The van der Waals surface area contributed by atoms with E-state index in [-0.39, 0.29) is 17.2 Å². The van der Waals surface area contributed by atoms with Crippen LogP contribution in [0.25, 0.3) is 22.6 Å². The molecule has 1 fully saturated rings. The number of carbonyl (C=O) groups excluding carboxylic acids is 1. The number of nitrogens with zero attached hydrogens (tertiary/aromatic N) is 4. The predicted octanol–water partition coefficient (Wildman–Crippen LogP) is 6.06. The zero-order valence-corrected chi connectivity index (χ0v) is 18.4. The van der Waals surface area contributed by atoms with Crippen LogP contribution in [0, 0.1) is 11.3 Å². The minimum Gasteiger partial charge on any atom is -0.415 e. The molecule has 0 spiro atoms. The van der Waals surface area contributed by atoms with Crippen LogP contribution in [-0.2, 0) is 12.0 Å². The first-order valence-corrected chi connectivity index (χ1v) is 11.2. The topological polar surface area (TPSA) is 83.0 Å². The largest absolute Gasteiger partial charge is 0.415 e. The maximum absolute atomic E-state index is 13.4. The van der Waals surface area contributed by atoms with Crippen LogP contribution in [0.1, 0.15) is 46.6 Å². The summed E-state index contributed by atoms with van der Waals surface area (Å²) in [5, 5.41) is 16.5. The van der Waals surface area contributed by atoms with Crippen LogP contribution in [0.4, 0.5) is 14.5 Å². The fourth-order valence-electron chi connectivity index (χ4n) is 4.58. The zero-order valence-electron chi connectivity index (χ0n) is 18.4. The summed E-state index contributed by atoms with van der Waals surface area (Å²) in [6, 6.07) is 23.1. The first-order chi connectivity index (χ1) is 17.0. The molecule has 0 N–H and O–H groups in total. The van der Waals surface area contributed by atoms with Gasteiger partial charge in [0.1, 0.15) is 0 Å². The van der Waals surface area contributed by atoms with Crippen LogP contribution in [0.5, 0.6) is 0 Å². The lowest BCUT2D eigenvalue weighted by molar-refractivity contribution is 0.0996. The summed E-state index contributed by atoms with van der Waals surface area (Å²) in [4.78, 5) is 15.1. The molecule has 3 aromatic carbocycles. The molecule has 8 heteroatoms. The van der Waals surface area contributed by atoms with Crippen molar-refractivity contribution in [3.63, 3.8) is 0 Å². The second-order valence-corrected chi connectivity index (χ2v) is 8.80. The Bertz CT molecular complexity index is 1500. The Labute approximate surface area is 199 Å². The number of halogens is 2. The number of nitriles is 1. The molecule has 35 heavy (non-hydrogen) atoms. The summed E-state index contributed by atoms with van der Waals surface area (Å²) in [5.41, 5.74) is 4.99. The van der Waals surface area contributed by atoms with Gasteiger partial charge in [-0.05, 0) is 47.7 Å². The summed E-state index contributed by atoms with van der Waals surface area (Å²) in [7, 11) is 0. The van der Waals surface area contributed by atoms with Gasteiger partial charge in [0, 0.05) is 16.7 Å². The van der Waals surface area contributed by atoms with E-state index in [1.54, 1.807) is 23.1 Å². The van der Waals surface area contributed by atoms with Crippen molar-refractivity contribution in [3.8, 4) is 28.7 Å². The molecular weight excluding hydrogens is 450 g/mol. The first-order valence-electron chi connectivity index (χ1n) is 11.2. The average molecular weight is 468 g/mol. The summed E-state index contributed by atoms with van der Waals surface area (Å²) in [6.45, 7) is 0.382. The number of rotatable bonds is 5. The lowest BCUT2D eigenvalue weighted by Gasteiger charge is -2.20. The molecule has 6 rings (SSSR count). The highest BCUT2D eigenvalue weighted by molar-refractivity contribution is 6.12. The molecule has 1 saturated carbocycles. The highest BCUT2D eigenvalue weighted by Crippen LogP contribution is 2.48. The van der Waals surface area contributed by atoms with Gasteiger partial charge in [-0.25, -0.2) is 0 Å². The van der Waals surface area contributed by atoms with Crippen LogP contribution in [0.2, 0.25) is 0 Å². The Morgan fingerprint density at radius 3 is 2.40 bits per heavy atom. The molecule has 1 aromatic heterocycles. The third-order valence-corrected chi connectivity index (χ3v) is 6.70. The summed E-state index contributed by atoms with van der Waals surface area (Å²) in [6.07, 6.45) is -1.09. The van der Waals surface area contributed by atoms with E-state index >= 15 is 0 Å². The van der Waals surface area contributed by atoms with Gasteiger partial charge in [-0.3, -0.25) is 4.79 Å². The molecule has 1 amide bonds. The van der Waals surface area contributed by atoms with E-state index in [9.17, 15) is 18.8 Å². The van der Waals surface area contributed by atoms with E-state index in [1.165, 1.54) is 0 Å². The van der Waals surface area contributed by atoms with E-state index < -0.39 is 12.3 Å². The summed E-state index contributed by atoms with van der Waals surface area (Å²) < 4.78 is 30.7. The molecular formula is C27H18F2N4O2. The number of benzene rings is 3. The third-order valence-electron chi connectivity index (χ3n) is 6.70. The minimum atomic E-state index is -2.86. The van der Waals surface area contributed by atoms with Crippen LogP contribution in [0.15, 0.2) is 71.1 Å². The third kappa shape index (κ3) is 3.48. The van der Waals surface area contributed by atoms with Gasteiger partial charge < -0.3 is 9.32 Å². The molecule has 2 aliphatic rings. The van der Waals surface area contributed by atoms with Gasteiger partial charge in [0.15, 0.2) is 0 Å². The van der Waals surface area contributed by atoms with Crippen molar-refractivity contribution in [2.45, 2.75) is 31.2 Å². The quantitative estimate of drug-likeness (QED) is 0.356. The lowest BCUT2D eigenvalue weighted by Crippen LogP contribution is -2.23. The van der Waals surface area contributed by atoms with Crippen molar-refractivity contribution in [1.82, 2.24) is 10.2 Å². The van der Waals surface area contributed by atoms with Crippen molar-refractivity contribution in [3.05, 3.63) is 89.3 Å². The molecule has 2 heterocycles. The fourth-order valence-corrected chi connectivity index (χ4v) is 4.58. The Morgan fingerprint density at radius 2 is 1.71 bits per heavy atom. The molecule has 172 valence electrons. The van der Waals surface area contributed by atoms with E-state index in [0.717, 1.165) is 40.8 Å². The Hall–Kier alpha value is -4.38. The SMILES string of the molecule is N#CC1(c2ccc(-c3ccccc3N3Cc4ccc(-c5nnc(C(F)F)o5)cc4C3=O)cc2)CC1. The number of hydrogen-bond acceptors (Lipinski definition) is 5. The van der Waals surface area contributed by atoms with Gasteiger partial charge in [0.2, 0.25) is 5.89 Å². The van der Waals surface area contributed by atoms with Gasteiger partial charge in [0.25, 0.3) is 11.8 Å². The number of para-hydroxylation sites is 1. The summed E-state index contributed by atoms with van der Waals surface area (Å²) >= 11 is 0. The molecule has 4 aromatic rings. The number of amides is 1. The predicted molar refractivity (Wildman–Crippen MR) is 124 cm³/mol. The maximum atomic E-state index is 13.4. The first kappa shape index (κ1) is 21.2. The van der Waals surface area contributed by atoms with Gasteiger partial charge in [-0.2, -0.15) is 14.0 Å². The van der Waals surface area contributed by atoms with Crippen molar-refractivity contribution >= 4 is 11.6 Å². The molecule has 0 atom stereocenters. The van der Waals surface area contributed by atoms with Crippen molar-refractivity contribution in [1.29, 1.82) is 5.26 Å². The van der Waals surface area contributed by atoms with Crippen LogP contribution in [0.3, 0.4) is 0 Å². The van der Waals surface area contributed by atoms with E-state index in [4.69, 9.17) is 4.42 Å². The Balaban J connectivity index is 1.32. The highest BCUT2D eigenvalue weighted by atomic mass is 19.3. The molecule has 0 saturated heterocycles. The molecule has 0 bridgehead atoms. The number of hydrogen-bond donors (Lipinski definition) is 0. The smallest absolute Gasteiger partial charge is 0.314 e. The molecule has 1 aliphatic carbocycles. The van der Waals surface area contributed by atoms with Gasteiger partial charge >= 0.3 is 6.43 Å². The summed E-state index contributed by atoms with van der Waals surface area (Å²) in [5.74, 6) is -1.00. The average Bonchev–Trinajstić information content (AvgIpc) is 3.40. The standard InChI is InChI=1S/C27H18F2N4O2/c28-23(29)25-32-31-24(35-25)17-5-6-18-14-33(26(34)21(18)13-17)22-4-2-1-3-20(22)16-7-9-19(10-8-16)27(15-30)11-12-27/h1-10,13,23H,11-12,14H2. The van der Waals surface area contributed by atoms with Crippen molar-refractivity contribution in [2.75, 3.05) is 4.90 Å². The van der Waals surface area contributed by atoms with Gasteiger partial charge in [-0.1, -0.05) is 48.5 Å². The molecule has 6 nitrogen and oxygen atoms in total. The zero-order chi connectivity index (χ0) is 24.2.